The largest absolute Gasteiger partial charge is 0.478 e. The summed E-state index contributed by atoms with van der Waals surface area (Å²) in [7, 11) is 0. The second-order valence-electron chi connectivity index (χ2n) is 6.09. The quantitative estimate of drug-likeness (QED) is 0.657. The first kappa shape index (κ1) is 17.6. The molecule has 0 saturated heterocycles. The van der Waals surface area contributed by atoms with Crippen LogP contribution in [0.15, 0.2) is 30.5 Å². The Labute approximate surface area is 156 Å². The molecule has 3 aromatic rings. The van der Waals surface area contributed by atoms with Crippen LogP contribution in [0.4, 0.5) is 8.78 Å². The number of carbonyl (C=O) groups is 1. The molecular weight excluding hydrogens is 382 g/mol. The van der Waals surface area contributed by atoms with Gasteiger partial charge in [-0.05, 0) is 18.6 Å². The van der Waals surface area contributed by atoms with Crippen molar-refractivity contribution in [2.45, 2.75) is 25.1 Å². The van der Waals surface area contributed by atoms with Crippen molar-refractivity contribution in [2.24, 2.45) is 5.73 Å². The zero-order valence-electron chi connectivity index (χ0n) is 13.6. The zero-order chi connectivity index (χ0) is 19.3. The SMILES string of the molecule is N[C@@H]1C[C@H](c2c(OC(F)F)cccc2C(=O)O)n2c1nc1cnc(Cl)cc12. The number of nitrogens with two attached hydrogens (primary N) is 1. The number of benzene rings is 1. The Morgan fingerprint density at radius 3 is 2.93 bits per heavy atom. The lowest BCUT2D eigenvalue weighted by Gasteiger charge is -2.21. The van der Waals surface area contributed by atoms with Gasteiger partial charge in [0.25, 0.3) is 0 Å². The van der Waals surface area contributed by atoms with Crippen molar-refractivity contribution in [3.05, 3.63) is 52.6 Å². The number of halogens is 3. The smallest absolute Gasteiger partial charge is 0.387 e. The van der Waals surface area contributed by atoms with Gasteiger partial charge >= 0.3 is 12.6 Å². The summed E-state index contributed by atoms with van der Waals surface area (Å²) in [5.41, 5.74) is 7.27. The average molecular weight is 395 g/mol. The van der Waals surface area contributed by atoms with Crippen molar-refractivity contribution in [3.8, 4) is 5.75 Å². The number of alkyl halides is 2. The first-order valence-corrected chi connectivity index (χ1v) is 8.34. The summed E-state index contributed by atoms with van der Waals surface area (Å²) in [6, 6.07) is 4.42. The first-order valence-electron chi connectivity index (χ1n) is 7.96. The lowest BCUT2D eigenvalue weighted by atomic mass is 9.96. The van der Waals surface area contributed by atoms with Crippen molar-refractivity contribution in [1.82, 2.24) is 14.5 Å². The summed E-state index contributed by atoms with van der Waals surface area (Å²) in [5.74, 6) is -0.963. The molecule has 0 fully saturated rings. The monoisotopic (exact) mass is 394 g/mol. The minimum absolute atomic E-state index is 0.117. The van der Waals surface area contributed by atoms with Gasteiger partial charge in [0.15, 0.2) is 0 Å². The van der Waals surface area contributed by atoms with Gasteiger partial charge in [-0.1, -0.05) is 17.7 Å². The van der Waals surface area contributed by atoms with Crippen molar-refractivity contribution < 1.29 is 23.4 Å². The molecule has 0 bridgehead atoms. The average Bonchev–Trinajstić information content (AvgIpc) is 3.12. The zero-order valence-corrected chi connectivity index (χ0v) is 14.4. The van der Waals surface area contributed by atoms with Gasteiger partial charge in [0.05, 0.1) is 29.4 Å². The number of hydrogen-bond donors (Lipinski definition) is 2. The van der Waals surface area contributed by atoms with Gasteiger partial charge in [-0.3, -0.25) is 0 Å². The highest BCUT2D eigenvalue weighted by Gasteiger charge is 2.37. The molecule has 0 unspecified atom stereocenters. The van der Waals surface area contributed by atoms with Crippen LogP contribution >= 0.6 is 11.6 Å². The van der Waals surface area contributed by atoms with E-state index in [1.807, 2.05) is 0 Å². The molecule has 2 atom stereocenters. The summed E-state index contributed by atoms with van der Waals surface area (Å²) < 4.78 is 32.1. The number of aromatic nitrogens is 3. The van der Waals surface area contributed by atoms with E-state index in [2.05, 4.69) is 14.7 Å². The Balaban J connectivity index is 1.97. The minimum atomic E-state index is -3.10. The minimum Gasteiger partial charge on any atom is -0.478 e. The molecule has 140 valence electrons. The van der Waals surface area contributed by atoms with Crippen molar-refractivity contribution in [2.75, 3.05) is 0 Å². The van der Waals surface area contributed by atoms with Gasteiger partial charge in [0.1, 0.15) is 22.2 Å². The molecule has 0 aliphatic carbocycles. The standard InChI is InChI=1S/C17H13ClF2N4O3/c18-13-5-10-9(6-22-13)23-15-8(21)4-11(24(10)15)14-7(16(25)26)2-1-3-12(14)27-17(19)20/h1-3,5-6,8,11,17H,4,21H2,(H,25,26)/t8-,11-/m1/s1. The summed E-state index contributed by atoms with van der Waals surface area (Å²) in [4.78, 5) is 20.1. The summed E-state index contributed by atoms with van der Waals surface area (Å²) >= 11 is 5.99. The molecule has 3 heterocycles. The molecule has 7 nitrogen and oxygen atoms in total. The van der Waals surface area contributed by atoms with Gasteiger partial charge < -0.3 is 20.1 Å². The predicted octanol–water partition coefficient (Wildman–Crippen LogP) is 3.38. The fraction of sp³-hybridized carbons (Fsp3) is 0.235. The molecule has 1 aliphatic rings. The number of fused-ring (bicyclic) bond motifs is 3. The molecule has 0 amide bonds. The molecule has 27 heavy (non-hydrogen) atoms. The number of rotatable bonds is 4. The van der Waals surface area contributed by atoms with Crippen molar-refractivity contribution in [3.63, 3.8) is 0 Å². The third-order valence-corrected chi connectivity index (χ3v) is 4.74. The second kappa shape index (κ2) is 6.43. The highest BCUT2D eigenvalue weighted by atomic mass is 35.5. The van der Waals surface area contributed by atoms with Crippen molar-refractivity contribution in [1.29, 1.82) is 0 Å². The van der Waals surface area contributed by atoms with Crippen LogP contribution < -0.4 is 10.5 Å². The number of imidazole rings is 1. The van der Waals surface area contributed by atoms with Gasteiger partial charge in [-0.2, -0.15) is 8.78 Å². The first-order chi connectivity index (χ1) is 12.9. The van der Waals surface area contributed by atoms with Crippen molar-refractivity contribution >= 4 is 28.6 Å². The Kier molecular flexibility index (Phi) is 4.20. The Hall–Kier alpha value is -2.78. The predicted molar refractivity (Wildman–Crippen MR) is 92.3 cm³/mol. The molecule has 3 N–H and O–H groups in total. The van der Waals surface area contributed by atoms with Crippen LogP contribution in [0, 0.1) is 0 Å². The molecule has 2 aromatic heterocycles. The molecular formula is C17H13ClF2N4O3. The molecule has 0 spiro atoms. The number of ether oxygens (including phenoxy) is 1. The van der Waals surface area contributed by atoms with Gasteiger partial charge in [0.2, 0.25) is 0 Å². The van der Waals surface area contributed by atoms with E-state index in [4.69, 9.17) is 17.3 Å². The highest BCUT2D eigenvalue weighted by molar-refractivity contribution is 6.29. The van der Waals surface area contributed by atoms with E-state index >= 15 is 0 Å². The molecule has 4 rings (SSSR count). The Bertz CT molecular complexity index is 1060. The maximum atomic E-state index is 12.9. The fourth-order valence-corrected chi connectivity index (χ4v) is 3.71. The van der Waals surface area contributed by atoms with E-state index in [0.29, 0.717) is 16.9 Å². The van der Waals surface area contributed by atoms with Gasteiger partial charge in [-0.25, -0.2) is 14.8 Å². The van der Waals surface area contributed by atoms with E-state index in [1.165, 1.54) is 24.4 Å². The highest BCUT2D eigenvalue weighted by Crippen LogP contribution is 2.44. The van der Waals surface area contributed by atoms with Crippen LogP contribution in [0.2, 0.25) is 5.15 Å². The van der Waals surface area contributed by atoms with E-state index in [1.54, 1.807) is 10.6 Å². The van der Waals surface area contributed by atoms with Crippen LogP contribution in [0.3, 0.4) is 0 Å². The Morgan fingerprint density at radius 2 is 2.22 bits per heavy atom. The lowest BCUT2D eigenvalue weighted by Crippen LogP contribution is -2.15. The molecule has 1 aliphatic heterocycles. The number of nitrogens with zero attached hydrogens (tertiary/aromatic N) is 3. The van der Waals surface area contributed by atoms with Gasteiger partial charge in [-0.15, -0.1) is 0 Å². The number of carboxylic acids is 1. The van der Waals surface area contributed by atoms with E-state index in [-0.39, 0.29) is 28.5 Å². The van der Waals surface area contributed by atoms with E-state index < -0.39 is 24.7 Å². The third-order valence-electron chi connectivity index (χ3n) is 4.54. The van der Waals surface area contributed by atoms with Crippen LogP contribution in [0.5, 0.6) is 5.75 Å². The third kappa shape index (κ3) is 2.88. The fourth-order valence-electron chi connectivity index (χ4n) is 3.55. The molecule has 1 aromatic carbocycles. The summed E-state index contributed by atoms with van der Waals surface area (Å²) in [6.45, 7) is -3.10. The number of aromatic carboxylic acids is 1. The normalized spacial score (nSPS) is 18.9. The number of carboxylic acid groups (broad SMARTS) is 1. The lowest BCUT2D eigenvalue weighted by molar-refractivity contribution is -0.0507. The molecule has 0 saturated carbocycles. The van der Waals surface area contributed by atoms with Gasteiger partial charge in [0, 0.05) is 11.6 Å². The number of pyridine rings is 1. The van der Waals surface area contributed by atoms with E-state index in [9.17, 15) is 18.7 Å². The van der Waals surface area contributed by atoms with E-state index in [0.717, 1.165) is 0 Å². The summed E-state index contributed by atoms with van der Waals surface area (Å²) in [6.07, 6.45) is 1.76. The maximum absolute atomic E-state index is 12.9. The Morgan fingerprint density at radius 1 is 1.44 bits per heavy atom. The topological polar surface area (TPSA) is 103 Å². The van der Waals surface area contributed by atoms with Crippen LogP contribution in [0.1, 0.15) is 40.3 Å². The molecule has 0 radical (unpaired) electrons. The second-order valence-corrected chi connectivity index (χ2v) is 6.48. The van der Waals surface area contributed by atoms with Crippen LogP contribution in [-0.4, -0.2) is 32.2 Å². The summed E-state index contributed by atoms with van der Waals surface area (Å²) in [5, 5.41) is 9.80. The van der Waals surface area contributed by atoms with Crippen LogP contribution in [-0.2, 0) is 0 Å². The number of hydrogen-bond acceptors (Lipinski definition) is 5. The van der Waals surface area contributed by atoms with Crippen LogP contribution in [0.25, 0.3) is 11.0 Å². The maximum Gasteiger partial charge on any atom is 0.387 e. The molecule has 10 heteroatoms.